The Balaban J connectivity index is 1.70. The van der Waals surface area contributed by atoms with Gasteiger partial charge in [-0.05, 0) is 48.5 Å². The molecule has 1 aliphatic heterocycles. The highest BCUT2D eigenvalue weighted by atomic mass is 32.1. The van der Waals surface area contributed by atoms with E-state index in [-0.39, 0.29) is 24.9 Å². The number of imide groups is 1. The van der Waals surface area contributed by atoms with E-state index in [0.717, 1.165) is 16.2 Å². The van der Waals surface area contributed by atoms with Gasteiger partial charge in [0, 0.05) is 4.91 Å². The zero-order valence-corrected chi connectivity index (χ0v) is 15.5. The average Bonchev–Trinajstić information content (AvgIpc) is 3.20. The second kappa shape index (κ2) is 7.22. The Bertz CT molecular complexity index is 940. The third-order valence-corrected chi connectivity index (χ3v) is 4.92. The highest BCUT2D eigenvalue weighted by molar-refractivity contribution is 7.12. The zero-order valence-electron chi connectivity index (χ0n) is 14.7. The minimum Gasteiger partial charge on any atom is -0.455 e. The molecule has 8 nitrogen and oxygen atoms in total. The molecule has 138 valence electrons. The first-order valence-corrected chi connectivity index (χ1v) is 8.97. The maximum absolute atomic E-state index is 12.4. The molecule has 0 fully saturated rings. The van der Waals surface area contributed by atoms with Crippen LogP contribution in [-0.4, -0.2) is 34.8 Å². The second-order valence-electron chi connectivity index (χ2n) is 6.60. The molecule has 3 rings (SSSR count). The Hall–Kier alpha value is -3.16. The molecule has 2 aromatic rings. The number of carbonyl (C=O) groups is 3. The summed E-state index contributed by atoms with van der Waals surface area (Å²) in [5, 5.41) is 5.13. The van der Waals surface area contributed by atoms with Crippen molar-refractivity contribution in [1.82, 2.24) is 4.90 Å². The van der Waals surface area contributed by atoms with Crippen molar-refractivity contribution in [2.24, 2.45) is 5.11 Å². The third kappa shape index (κ3) is 3.84. The Morgan fingerprint density at radius 3 is 2.48 bits per heavy atom. The van der Waals surface area contributed by atoms with Crippen LogP contribution >= 0.6 is 11.3 Å². The zero-order chi connectivity index (χ0) is 19.6. The van der Waals surface area contributed by atoms with Crippen LogP contribution in [0.5, 0.6) is 0 Å². The van der Waals surface area contributed by atoms with Gasteiger partial charge >= 0.3 is 5.97 Å². The number of azide groups is 1. The first-order valence-electron chi connectivity index (χ1n) is 8.09. The summed E-state index contributed by atoms with van der Waals surface area (Å²) in [6, 6.07) is 8.27. The van der Waals surface area contributed by atoms with E-state index < -0.39 is 11.6 Å². The number of fused-ring (bicyclic) bond motifs is 1. The molecule has 0 atom stereocenters. The first kappa shape index (κ1) is 18.6. The SMILES string of the molecule is CC(C)(CN=[N+]=[N-])OC(=O)c1cc(CN2C(=O)c3ccccc3C2=O)cs1. The van der Waals surface area contributed by atoms with E-state index in [1.807, 2.05) is 0 Å². The number of nitrogens with zero attached hydrogens (tertiary/aromatic N) is 4. The Kier molecular flexibility index (Phi) is 4.98. The molecule has 1 aromatic heterocycles. The monoisotopic (exact) mass is 384 g/mol. The summed E-state index contributed by atoms with van der Waals surface area (Å²) in [6.07, 6.45) is 0. The lowest BCUT2D eigenvalue weighted by Gasteiger charge is -2.22. The van der Waals surface area contributed by atoms with Gasteiger partial charge in [0.2, 0.25) is 0 Å². The van der Waals surface area contributed by atoms with Gasteiger partial charge in [-0.25, -0.2) is 4.79 Å². The lowest BCUT2D eigenvalue weighted by molar-refractivity contribution is 0.00353. The minimum atomic E-state index is -0.935. The van der Waals surface area contributed by atoms with Crippen LogP contribution in [0.25, 0.3) is 10.4 Å². The van der Waals surface area contributed by atoms with Gasteiger partial charge in [0.15, 0.2) is 0 Å². The Labute approximate surface area is 159 Å². The molecule has 1 aromatic carbocycles. The predicted octanol–water partition coefficient (Wildman–Crippen LogP) is 3.79. The molecular weight excluding hydrogens is 368 g/mol. The van der Waals surface area contributed by atoms with Crippen LogP contribution < -0.4 is 0 Å². The fourth-order valence-electron chi connectivity index (χ4n) is 2.67. The van der Waals surface area contributed by atoms with E-state index in [9.17, 15) is 14.4 Å². The van der Waals surface area contributed by atoms with Crippen molar-refractivity contribution in [3.05, 3.63) is 67.7 Å². The van der Waals surface area contributed by atoms with Crippen LogP contribution in [0, 0.1) is 0 Å². The van der Waals surface area contributed by atoms with E-state index in [4.69, 9.17) is 10.3 Å². The van der Waals surface area contributed by atoms with Crippen LogP contribution in [0.1, 0.15) is 49.8 Å². The number of hydrogen-bond acceptors (Lipinski definition) is 6. The molecule has 0 saturated carbocycles. The van der Waals surface area contributed by atoms with Crippen molar-refractivity contribution in [2.45, 2.75) is 26.0 Å². The standard InChI is InChI=1S/C18H16N4O4S/c1-18(2,10-20-21-19)26-17(25)14-7-11(9-27-14)8-22-15(23)12-5-3-4-6-13(12)16(22)24/h3-7,9H,8,10H2,1-2H3. The summed E-state index contributed by atoms with van der Waals surface area (Å²) in [4.78, 5) is 41.3. The third-order valence-electron chi connectivity index (χ3n) is 3.96. The maximum Gasteiger partial charge on any atom is 0.348 e. The van der Waals surface area contributed by atoms with E-state index in [2.05, 4.69) is 10.0 Å². The highest BCUT2D eigenvalue weighted by Gasteiger charge is 2.35. The molecule has 1 aliphatic rings. The summed E-state index contributed by atoms with van der Waals surface area (Å²) in [5.74, 6) is -1.24. The van der Waals surface area contributed by atoms with E-state index in [1.54, 1.807) is 49.6 Å². The molecule has 0 saturated heterocycles. The largest absolute Gasteiger partial charge is 0.455 e. The normalized spacial score (nSPS) is 13.3. The molecule has 0 N–H and O–H groups in total. The number of hydrogen-bond donors (Lipinski definition) is 0. The average molecular weight is 384 g/mol. The van der Waals surface area contributed by atoms with Gasteiger partial charge in [0.1, 0.15) is 10.5 Å². The molecule has 2 amide bonds. The number of amides is 2. The molecule has 0 radical (unpaired) electrons. The fourth-order valence-corrected chi connectivity index (χ4v) is 3.44. The van der Waals surface area contributed by atoms with E-state index >= 15 is 0 Å². The number of thiophene rings is 1. The van der Waals surface area contributed by atoms with E-state index in [0.29, 0.717) is 21.6 Å². The van der Waals surface area contributed by atoms with Crippen LogP contribution in [0.3, 0.4) is 0 Å². The Morgan fingerprint density at radius 1 is 1.26 bits per heavy atom. The summed E-state index contributed by atoms with van der Waals surface area (Å²) < 4.78 is 5.36. The van der Waals surface area contributed by atoms with Gasteiger partial charge in [0.05, 0.1) is 24.2 Å². The van der Waals surface area contributed by atoms with Crippen molar-refractivity contribution in [3.63, 3.8) is 0 Å². The topological polar surface area (TPSA) is 112 Å². The highest BCUT2D eigenvalue weighted by Crippen LogP contribution is 2.26. The maximum atomic E-state index is 12.4. The molecule has 27 heavy (non-hydrogen) atoms. The molecule has 0 aliphatic carbocycles. The van der Waals surface area contributed by atoms with E-state index in [1.165, 1.54) is 0 Å². The molecular formula is C18H16N4O4S. The fraction of sp³-hybridized carbons (Fsp3) is 0.278. The number of ether oxygens (including phenoxy) is 1. The van der Waals surface area contributed by atoms with Crippen molar-refractivity contribution < 1.29 is 19.1 Å². The van der Waals surface area contributed by atoms with Crippen LogP contribution in [0.15, 0.2) is 40.8 Å². The van der Waals surface area contributed by atoms with Gasteiger partial charge in [-0.3, -0.25) is 14.5 Å². The van der Waals surface area contributed by atoms with Crippen molar-refractivity contribution >= 4 is 29.1 Å². The second-order valence-corrected chi connectivity index (χ2v) is 7.51. The Morgan fingerprint density at radius 2 is 1.89 bits per heavy atom. The van der Waals surface area contributed by atoms with Gasteiger partial charge in [0.25, 0.3) is 11.8 Å². The smallest absolute Gasteiger partial charge is 0.348 e. The van der Waals surface area contributed by atoms with Crippen LogP contribution in [-0.2, 0) is 11.3 Å². The van der Waals surface area contributed by atoms with Crippen LogP contribution in [0.2, 0.25) is 0 Å². The molecule has 0 unspecified atom stereocenters. The molecule has 0 bridgehead atoms. The first-order chi connectivity index (χ1) is 12.8. The van der Waals surface area contributed by atoms with Gasteiger partial charge in [-0.15, -0.1) is 11.3 Å². The predicted molar refractivity (Wildman–Crippen MR) is 98.5 cm³/mol. The summed E-state index contributed by atoms with van der Waals surface area (Å²) in [5.41, 5.74) is 8.89. The number of esters is 1. The number of carbonyl (C=O) groups excluding carboxylic acids is 3. The lowest BCUT2D eigenvalue weighted by Crippen LogP contribution is -2.31. The number of rotatable bonds is 6. The lowest BCUT2D eigenvalue weighted by atomic mass is 10.1. The van der Waals surface area contributed by atoms with Crippen molar-refractivity contribution in [2.75, 3.05) is 6.54 Å². The van der Waals surface area contributed by atoms with Crippen LogP contribution in [0.4, 0.5) is 0 Å². The van der Waals surface area contributed by atoms with Crippen molar-refractivity contribution in [3.8, 4) is 0 Å². The summed E-state index contributed by atoms with van der Waals surface area (Å²) in [6.45, 7) is 3.39. The minimum absolute atomic E-state index is 0.0164. The quantitative estimate of drug-likeness (QED) is 0.248. The summed E-state index contributed by atoms with van der Waals surface area (Å²) >= 11 is 1.16. The van der Waals surface area contributed by atoms with Gasteiger partial charge in [-0.1, -0.05) is 17.2 Å². The number of benzene rings is 1. The molecule has 9 heteroatoms. The summed E-state index contributed by atoms with van der Waals surface area (Å²) in [7, 11) is 0. The van der Waals surface area contributed by atoms with Gasteiger partial charge in [-0.2, -0.15) is 0 Å². The van der Waals surface area contributed by atoms with Crippen molar-refractivity contribution in [1.29, 1.82) is 0 Å². The molecule has 0 spiro atoms. The molecule has 2 heterocycles. The van der Waals surface area contributed by atoms with Gasteiger partial charge < -0.3 is 4.74 Å².